The number of aromatic nitrogens is 1. The molecule has 0 bridgehead atoms. The summed E-state index contributed by atoms with van der Waals surface area (Å²) in [6.45, 7) is 6.53. The SMILES string of the molecule is CCc1nc(C#N)c(SC2CCCC2)c(CC)c1CC. The van der Waals surface area contributed by atoms with Crippen LogP contribution in [0.15, 0.2) is 4.90 Å². The molecule has 0 spiro atoms. The van der Waals surface area contributed by atoms with Crippen molar-refractivity contribution >= 4 is 11.8 Å². The largest absolute Gasteiger partial charge is 0.241 e. The highest BCUT2D eigenvalue weighted by Gasteiger charge is 2.22. The molecule has 3 heteroatoms. The third-order valence-electron chi connectivity index (χ3n) is 4.18. The Morgan fingerprint density at radius 2 is 1.75 bits per heavy atom. The Kier molecular flexibility index (Phi) is 5.48. The van der Waals surface area contributed by atoms with Gasteiger partial charge in [-0.05, 0) is 43.2 Å². The van der Waals surface area contributed by atoms with Crippen LogP contribution in [0.1, 0.15) is 69.0 Å². The van der Waals surface area contributed by atoms with E-state index in [-0.39, 0.29) is 0 Å². The monoisotopic (exact) mass is 288 g/mol. The van der Waals surface area contributed by atoms with Crippen LogP contribution in [0, 0.1) is 11.3 Å². The molecule has 1 aliphatic rings. The summed E-state index contributed by atoms with van der Waals surface area (Å²) in [7, 11) is 0. The number of nitrogens with zero attached hydrogens (tertiary/aromatic N) is 2. The van der Waals surface area contributed by atoms with Gasteiger partial charge in [-0.15, -0.1) is 11.8 Å². The van der Waals surface area contributed by atoms with Gasteiger partial charge >= 0.3 is 0 Å². The molecule has 1 aromatic heterocycles. The lowest BCUT2D eigenvalue weighted by molar-refractivity contribution is 0.872. The molecule has 1 aromatic rings. The first kappa shape index (κ1) is 15.4. The van der Waals surface area contributed by atoms with E-state index in [9.17, 15) is 5.26 Å². The lowest BCUT2D eigenvalue weighted by atomic mass is 9.99. The number of thioether (sulfide) groups is 1. The second kappa shape index (κ2) is 7.13. The van der Waals surface area contributed by atoms with Crippen LogP contribution in [-0.4, -0.2) is 10.2 Å². The maximum Gasteiger partial charge on any atom is 0.154 e. The van der Waals surface area contributed by atoms with Crippen molar-refractivity contribution in [1.82, 2.24) is 4.98 Å². The molecule has 0 N–H and O–H groups in total. The molecule has 0 aromatic carbocycles. The molecule has 1 heterocycles. The first-order valence-corrected chi connectivity index (χ1v) is 8.74. The Bertz CT molecular complexity index is 511. The van der Waals surface area contributed by atoms with Crippen LogP contribution in [0.4, 0.5) is 0 Å². The molecule has 2 nitrogen and oxygen atoms in total. The van der Waals surface area contributed by atoms with Crippen LogP contribution in [-0.2, 0) is 19.3 Å². The fourth-order valence-electron chi connectivity index (χ4n) is 3.17. The molecule has 108 valence electrons. The lowest BCUT2D eigenvalue weighted by Crippen LogP contribution is -2.08. The van der Waals surface area contributed by atoms with Crippen molar-refractivity contribution in [3.05, 3.63) is 22.5 Å². The third-order valence-corrected chi connectivity index (χ3v) is 5.66. The predicted molar refractivity (Wildman–Crippen MR) is 85.2 cm³/mol. The van der Waals surface area contributed by atoms with E-state index < -0.39 is 0 Å². The Morgan fingerprint density at radius 1 is 1.10 bits per heavy atom. The highest BCUT2D eigenvalue weighted by Crippen LogP contribution is 2.39. The second-order valence-corrected chi connectivity index (χ2v) is 6.70. The normalized spacial score (nSPS) is 15.5. The van der Waals surface area contributed by atoms with Gasteiger partial charge in [0.05, 0.1) is 0 Å². The Labute approximate surface area is 127 Å². The maximum atomic E-state index is 9.47. The van der Waals surface area contributed by atoms with Crippen molar-refractivity contribution in [1.29, 1.82) is 5.26 Å². The zero-order chi connectivity index (χ0) is 14.5. The van der Waals surface area contributed by atoms with Crippen molar-refractivity contribution in [2.45, 2.75) is 75.9 Å². The zero-order valence-corrected chi connectivity index (χ0v) is 13.6. The fraction of sp³-hybridized carbons (Fsp3) is 0.647. The lowest BCUT2D eigenvalue weighted by Gasteiger charge is -2.19. The predicted octanol–water partition coefficient (Wildman–Crippen LogP) is 4.68. The summed E-state index contributed by atoms with van der Waals surface area (Å²) in [4.78, 5) is 5.83. The molecule has 1 fully saturated rings. The van der Waals surface area contributed by atoms with Crippen LogP contribution in [0.3, 0.4) is 0 Å². The molecule has 0 atom stereocenters. The smallest absolute Gasteiger partial charge is 0.154 e. The Hall–Kier alpha value is -1.01. The van der Waals surface area contributed by atoms with E-state index in [1.54, 1.807) is 0 Å². The third kappa shape index (κ3) is 3.01. The van der Waals surface area contributed by atoms with Gasteiger partial charge in [-0.25, -0.2) is 4.98 Å². The Morgan fingerprint density at radius 3 is 2.25 bits per heavy atom. The first-order chi connectivity index (χ1) is 9.74. The molecule has 2 rings (SSSR count). The molecule has 0 radical (unpaired) electrons. The summed E-state index contributed by atoms with van der Waals surface area (Å²) >= 11 is 1.92. The average molecular weight is 288 g/mol. The molecular formula is C17H24N2S. The second-order valence-electron chi connectivity index (χ2n) is 5.39. The van der Waals surface area contributed by atoms with Gasteiger partial charge in [-0.3, -0.25) is 0 Å². The van der Waals surface area contributed by atoms with E-state index in [1.807, 2.05) is 11.8 Å². The number of hydrogen-bond donors (Lipinski definition) is 0. The zero-order valence-electron chi connectivity index (χ0n) is 12.8. The highest BCUT2D eigenvalue weighted by molar-refractivity contribution is 8.00. The maximum absolute atomic E-state index is 9.47. The van der Waals surface area contributed by atoms with Crippen molar-refractivity contribution in [3.63, 3.8) is 0 Å². The van der Waals surface area contributed by atoms with E-state index in [0.29, 0.717) is 10.9 Å². The molecule has 0 aliphatic heterocycles. The van der Waals surface area contributed by atoms with Gasteiger partial charge in [0.1, 0.15) is 6.07 Å². The van der Waals surface area contributed by atoms with Crippen LogP contribution < -0.4 is 0 Å². The minimum absolute atomic E-state index is 0.660. The van der Waals surface area contributed by atoms with E-state index in [4.69, 9.17) is 0 Å². The van der Waals surface area contributed by atoms with Gasteiger partial charge in [0, 0.05) is 15.8 Å². The summed E-state index contributed by atoms with van der Waals surface area (Å²) < 4.78 is 0. The number of hydrogen-bond acceptors (Lipinski definition) is 3. The van der Waals surface area contributed by atoms with Gasteiger partial charge < -0.3 is 0 Å². The van der Waals surface area contributed by atoms with Crippen LogP contribution in [0.2, 0.25) is 0 Å². The van der Waals surface area contributed by atoms with E-state index in [2.05, 4.69) is 31.8 Å². The summed E-state index contributed by atoms with van der Waals surface area (Å²) in [6.07, 6.45) is 8.18. The summed E-state index contributed by atoms with van der Waals surface area (Å²) in [5.41, 5.74) is 4.55. The van der Waals surface area contributed by atoms with E-state index in [0.717, 1.165) is 25.0 Å². The van der Waals surface area contributed by atoms with Crippen molar-refractivity contribution in [2.75, 3.05) is 0 Å². The molecule has 0 unspecified atom stereocenters. The van der Waals surface area contributed by atoms with Crippen LogP contribution in [0.25, 0.3) is 0 Å². The van der Waals surface area contributed by atoms with Crippen LogP contribution in [0.5, 0.6) is 0 Å². The summed E-state index contributed by atoms with van der Waals surface area (Å²) in [5, 5.41) is 10.2. The van der Waals surface area contributed by atoms with Gasteiger partial charge in [-0.2, -0.15) is 5.26 Å². The van der Waals surface area contributed by atoms with Gasteiger partial charge in [0.25, 0.3) is 0 Å². The fourth-order valence-corrected chi connectivity index (χ4v) is 4.68. The Balaban J connectivity index is 2.48. The molecule has 20 heavy (non-hydrogen) atoms. The first-order valence-electron chi connectivity index (χ1n) is 7.86. The number of nitriles is 1. The molecule has 1 aliphatic carbocycles. The summed E-state index contributed by atoms with van der Waals surface area (Å²) in [5.74, 6) is 0. The average Bonchev–Trinajstić information content (AvgIpc) is 2.99. The minimum atomic E-state index is 0.660. The molecule has 0 saturated heterocycles. The standard InChI is InChI=1S/C17H24N2S/c1-4-13-14(5-2)17(20-12-9-7-8-10-12)16(11-18)19-15(13)6-3/h12H,4-10H2,1-3H3. The van der Waals surface area contributed by atoms with Crippen molar-refractivity contribution < 1.29 is 0 Å². The minimum Gasteiger partial charge on any atom is -0.241 e. The number of pyridine rings is 1. The van der Waals surface area contributed by atoms with Gasteiger partial charge in [0.2, 0.25) is 0 Å². The number of rotatable bonds is 5. The quantitative estimate of drug-likeness (QED) is 0.789. The van der Waals surface area contributed by atoms with Crippen molar-refractivity contribution in [2.24, 2.45) is 0 Å². The van der Waals surface area contributed by atoms with Crippen LogP contribution >= 0.6 is 11.8 Å². The molecular weight excluding hydrogens is 264 g/mol. The molecule has 1 saturated carbocycles. The van der Waals surface area contributed by atoms with Gasteiger partial charge in [0.15, 0.2) is 5.69 Å². The summed E-state index contributed by atoms with van der Waals surface area (Å²) in [6, 6.07) is 2.34. The van der Waals surface area contributed by atoms with Crippen molar-refractivity contribution in [3.8, 4) is 6.07 Å². The molecule has 0 amide bonds. The number of aryl methyl sites for hydroxylation is 1. The van der Waals surface area contributed by atoms with Gasteiger partial charge in [-0.1, -0.05) is 33.6 Å². The topological polar surface area (TPSA) is 36.7 Å². The van der Waals surface area contributed by atoms with E-state index >= 15 is 0 Å². The van der Waals surface area contributed by atoms with E-state index in [1.165, 1.54) is 41.7 Å². The highest BCUT2D eigenvalue weighted by atomic mass is 32.2.